The molecule has 1 saturated heterocycles. The molecule has 1 aliphatic rings. The molecule has 0 aromatic heterocycles. The molecule has 1 aliphatic heterocycles. The largest absolute Gasteiger partial charge is 0.481 e. The van der Waals surface area contributed by atoms with Crippen LogP contribution < -0.4 is 4.90 Å². The number of likely N-dealkylation sites (tertiary alicyclic amines) is 1. The predicted molar refractivity (Wildman–Crippen MR) is 78.4 cm³/mol. The van der Waals surface area contributed by atoms with Crippen molar-refractivity contribution < 1.29 is 19.4 Å². The van der Waals surface area contributed by atoms with Crippen molar-refractivity contribution in [2.24, 2.45) is 0 Å². The molecule has 0 saturated carbocycles. The van der Waals surface area contributed by atoms with Crippen molar-refractivity contribution in [3.63, 3.8) is 0 Å². The lowest BCUT2D eigenvalue weighted by molar-refractivity contribution is -0.136. The first-order chi connectivity index (χ1) is 10.1. The number of urea groups is 1. The molecule has 0 radical (unpaired) electrons. The van der Waals surface area contributed by atoms with E-state index in [1.165, 1.54) is 4.90 Å². The summed E-state index contributed by atoms with van der Waals surface area (Å²) >= 11 is 0. The number of nitrogens with zero attached hydrogens (tertiary/aromatic N) is 2. The van der Waals surface area contributed by atoms with Crippen LogP contribution in [0.3, 0.4) is 0 Å². The lowest BCUT2D eigenvalue weighted by atomic mass is 10.2. The Kier molecular flexibility index (Phi) is 5.16. The Hall–Kier alpha value is -2.08. The van der Waals surface area contributed by atoms with Crippen LogP contribution in [-0.4, -0.2) is 54.9 Å². The summed E-state index contributed by atoms with van der Waals surface area (Å²) in [6.07, 6.45) is 0.789. The van der Waals surface area contributed by atoms with Gasteiger partial charge in [-0.15, -0.1) is 0 Å². The topological polar surface area (TPSA) is 70.1 Å². The monoisotopic (exact) mass is 292 g/mol. The number of hydrogen-bond acceptors (Lipinski definition) is 3. The number of para-hydroxylation sites is 1. The number of carboxylic acid groups (broad SMARTS) is 1. The number of aliphatic carboxylic acids is 1. The average molecular weight is 292 g/mol. The van der Waals surface area contributed by atoms with Gasteiger partial charge in [0, 0.05) is 32.4 Å². The number of amides is 2. The fourth-order valence-electron chi connectivity index (χ4n) is 2.42. The van der Waals surface area contributed by atoms with Crippen LogP contribution in [0.2, 0.25) is 0 Å². The number of methoxy groups -OCH3 is 1. The number of anilines is 1. The highest BCUT2D eigenvalue weighted by Crippen LogP contribution is 2.19. The smallest absolute Gasteiger partial charge is 0.324 e. The van der Waals surface area contributed by atoms with E-state index >= 15 is 0 Å². The summed E-state index contributed by atoms with van der Waals surface area (Å²) in [6, 6.07) is 8.98. The lowest BCUT2D eigenvalue weighted by Crippen LogP contribution is -2.43. The number of ether oxygens (including phenoxy) is 1. The van der Waals surface area contributed by atoms with Crippen molar-refractivity contribution in [3.8, 4) is 0 Å². The average Bonchev–Trinajstić information content (AvgIpc) is 2.97. The van der Waals surface area contributed by atoms with Crippen LogP contribution in [0.4, 0.5) is 10.5 Å². The number of carbonyl (C=O) groups is 2. The van der Waals surface area contributed by atoms with E-state index in [0.717, 1.165) is 6.42 Å². The Balaban J connectivity index is 2.11. The third-order valence-corrected chi connectivity index (χ3v) is 3.60. The predicted octanol–water partition coefficient (Wildman–Crippen LogP) is 1.81. The van der Waals surface area contributed by atoms with Crippen LogP contribution in [0.25, 0.3) is 0 Å². The maximum Gasteiger partial charge on any atom is 0.324 e. The highest BCUT2D eigenvalue weighted by Gasteiger charge is 2.30. The van der Waals surface area contributed by atoms with E-state index in [9.17, 15) is 9.59 Å². The lowest BCUT2D eigenvalue weighted by Gasteiger charge is -2.27. The number of carbonyl (C=O) groups excluding carboxylic acids is 1. The normalized spacial score (nSPS) is 17.8. The number of hydrogen-bond donors (Lipinski definition) is 1. The molecule has 1 aromatic carbocycles. The molecule has 1 heterocycles. The van der Waals surface area contributed by atoms with Gasteiger partial charge in [0.15, 0.2) is 0 Å². The van der Waals surface area contributed by atoms with Gasteiger partial charge in [-0.25, -0.2) is 4.79 Å². The molecule has 1 unspecified atom stereocenters. The third kappa shape index (κ3) is 3.95. The minimum absolute atomic E-state index is 0.0612. The first kappa shape index (κ1) is 15.3. The molecule has 1 aromatic rings. The summed E-state index contributed by atoms with van der Waals surface area (Å²) in [4.78, 5) is 26.7. The van der Waals surface area contributed by atoms with Gasteiger partial charge in [0.2, 0.25) is 0 Å². The summed E-state index contributed by atoms with van der Waals surface area (Å²) in [5.74, 6) is -0.917. The van der Waals surface area contributed by atoms with Crippen molar-refractivity contribution in [3.05, 3.63) is 30.3 Å². The quantitative estimate of drug-likeness (QED) is 0.898. The second-order valence-electron chi connectivity index (χ2n) is 5.01. The number of benzene rings is 1. The molecule has 0 bridgehead atoms. The van der Waals surface area contributed by atoms with Gasteiger partial charge in [-0.3, -0.25) is 9.69 Å². The van der Waals surface area contributed by atoms with E-state index in [1.807, 2.05) is 30.3 Å². The number of carboxylic acids is 1. The van der Waals surface area contributed by atoms with Gasteiger partial charge in [-0.05, 0) is 18.6 Å². The zero-order valence-electron chi connectivity index (χ0n) is 12.1. The minimum atomic E-state index is -0.917. The molecular formula is C15H20N2O4. The molecule has 114 valence electrons. The van der Waals surface area contributed by atoms with Crippen molar-refractivity contribution >= 4 is 17.7 Å². The molecule has 21 heavy (non-hydrogen) atoms. The molecular weight excluding hydrogens is 272 g/mol. The summed E-state index contributed by atoms with van der Waals surface area (Å²) in [5, 5.41) is 8.86. The summed E-state index contributed by atoms with van der Waals surface area (Å²) in [7, 11) is 1.64. The van der Waals surface area contributed by atoms with Crippen LogP contribution in [0, 0.1) is 0 Å². The Morgan fingerprint density at radius 1 is 1.38 bits per heavy atom. The van der Waals surface area contributed by atoms with E-state index in [4.69, 9.17) is 9.84 Å². The van der Waals surface area contributed by atoms with E-state index in [2.05, 4.69) is 0 Å². The van der Waals surface area contributed by atoms with Gasteiger partial charge in [0.25, 0.3) is 0 Å². The van der Waals surface area contributed by atoms with Gasteiger partial charge >= 0.3 is 12.0 Å². The van der Waals surface area contributed by atoms with E-state index in [1.54, 1.807) is 12.0 Å². The molecule has 6 nitrogen and oxygen atoms in total. The fraction of sp³-hybridized carbons (Fsp3) is 0.467. The van der Waals surface area contributed by atoms with Gasteiger partial charge < -0.3 is 14.7 Å². The second kappa shape index (κ2) is 7.08. The van der Waals surface area contributed by atoms with Crippen LogP contribution in [0.15, 0.2) is 30.3 Å². The minimum Gasteiger partial charge on any atom is -0.481 e. The van der Waals surface area contributed by atoms with Crippen LogP contribution >= 0.6 is 0 Å². The molecule has 1 fully saturated rings. The van der Waals surface area contributed by atoms with Crippen LogP contribution in [0.1, 0.15) is 12.8 Å². The first-order valence-corrected chi connectivity index (χ1v) is 6.98. The zero-order chi connectivity index (χ0) is 15.2. The molecule has 0 aliphatic carbocycles. The van der Waals surface area contributed by atoms with Gasteiger partial charge in [-0.1, -0.05) is 18.2 Å². The van der Waals surface area contributed by atoms with E-state index < -0.39 is 5.97 Å². The molecule has 6 heteroatoms. The summed E-state index contributed by atoms with van der Waals surface area (Å²) in [6.45, 7) is 1.34. The third-order valence-electron chi connectivity index (χ3n) is 3.60. The van der Waals surface area contributed by atoms with Crippen LogP contribution in [0.5, 0.6) is 0 Å². The SMILES string of the molecule is COC1CCN(C(=O)N(CCC(=O)O)c2ccccc2)C1. The van der Waals surface area contributed by atoms with Crippen molar-refractivity contribution in [2.75, 3.05) is 31.6 Å². The number of rotatable bonds is 5. The van der Waals surface area contributed by atoms with Gasteiger partial charge in [0.1, 0.15) is 0 Å². The fourth-order valence-corrected chi connectivity index (χ4v) is 2.42. The molecule has 0 spiro atoms. The standard InChI is InChI=1S/C15H20N2O4/c1-21-13-7-9-16(11-13)15(20)17(10-8-14(18)19)12-5-3-2-4-6-12/h2-6,13H,7-11H2,1H3,(H,18,19). The maximum atomic E-state index is 12.6. The Labute approximate surface area is 123 Å². The molecule has 1 atom stereocenters. The molecule has 2 rings (SSSR count). The maximum absolute atomic E-state index is 12.6. The van der Waals surface area contributed by atoms with Gasteiger partial charge in [-0.2, -0.15) is 0 Å². The summed E-state index contributed by atoms with van der Waals surface area (Å²) in [5.41, 5.74) is 0.713. The molecule has 2 amide bonds. The molecule has 1 N–H and O–H groups in total. The second-order valence-corrected chi connectivity index (χ2v) is 5.01. The highest BCUT2D eigenvalue weighted by molar-refractivity contribution is 5.92. The Morgan fingerprint density at radius 2 is 2.10 bits per heavy atom. The highest BCUT2D eigenvalue weighted by atomic mass is 16.5. The Morgan fingerprint density at radius 3 is 2.67 bits per heavy atom. The van der Waals surface area contributed by atoms with Crippen molar-refractivity contribution in [1.29, 1.82) is 0 Å². The van der Waals surface area contributed by atoms with Crippen molar-refractivity contribution in [2.45, 2.75) is 18.9 Å². The van der Waals surface area contributed by atoms with Crippen LogP contribution in [-0.2, 0) is 9.53 Å². The zero-order valence-corrected chi connectivity index (χ0v) is 12.1. The van der Waals surface area contributed by atoms with E-state index in [0.29, 0.717) is 18.8 Å². The summed E-state index contributed by atoms with van der Waals surface area (Å²) < 4.78 is 5.27. The first-order valence-electron chi connectivity index (χ1n) is 6.98. The Bertz CT molecular complexity index is 492. The van der Waals surface area contributed by atoms with Crippen molar-refractivity contribution in [1.82, 2.24) is 4.90 Å². The van der Waals surface area contributed by atoms with Gasteiger partial charge in [0.05, 0.1) is 12.5 Å². The van der Waals surface area contributed by atoms with E-state index in [-0.39, 0.29) is 25.1 Å².